The largest absolute Gasteiger partial charge is 0.334 e. The molecule has 0 saturated heterocycles. The molecule has 1 rings (SSSR count). The van der Waals surface area contributed by atoms with E-state index in [4.69, 9.17) is 11.6 Å². The number of hydrogen-bond acceptors (Lipinski definition) is 4. The fourth-order valence-corrected chi connectivity index (χ4v) is 2.65. The Morgan fingerprint density at radius 1 is 1.44 bits per heavy atom. The predicted octanol–water partition coefficient (Wildman–Crippen LogP) is 2.93. The molecule has 1 aromatic rings. The van der Waals surface area contributed by atoms with E-state index in [2.05, 4.69) is 9.59 Å². The first-order valence-corrected chi connectivity index (χ1v) is 7.29. The second-order valence-electron chi connectivity index (χ2n) is 5.48. The number of carbonyl (C=O) groups is 1. The van der Waals surface area contributed by atoms with E-state index in [1.54, 1.807) is 4.90 Å². The quantitative estimate of drug-likeness (QED) is 0.801. The summed E-state index contributed by atoms with van der Waals surface area (Å²) in [6.45, 7) is 10.6. The van der Waals surface area contributed by atoms with Gasteiger partial charge in [-0.1, -0.05) is 25.3 Å². The summed E-state index contributed by atoms with van der Waals surface area (Å²) < 4.78 is 3.92. The number of carbonyl (C=O) groups excluding carboxylic acids is 1. The van der Waals surface area contributed by atoms with Crippen molar-refractivity contribution in [2.75, 3.05) is 12.4 Å². The van der Waals surface area contributed by atoms with E-state index in [-0.39, 0.29) is 17.4 Å². The van der Waals surface area contributed by atoms with E-state index in [9.17, 15) is 4.79 Å². The molecule has 4 nitrogen and oxygen atoms in total. The van der Waals surface area contributed by atoms with Crippen LogP contribution >= 0.6 is 23.1 Å². The highest BCUT2D eigenvalue weighted by Gasteiger charge is 2.29. The van der Waals surface area contributed by atoms with E-state index in [0.717, 1.165) is 17.2 Å². The number of halogens is 1. The number of alkyl halides is 1. The van der Waals surface area contributed by atoms with E-state index in [1.807, 2.05) is 34.6 Å². The molecule has 0 fully saturated rings. The highest BCUT2D eigenvalue weighted by Crippen LogP contribution is 2.27. The van der Waals surface area contributed by atoms with Gasteiger partial charge in [0.2, 0.25) is 0 Å². The lowest BCUT2D eigenvalue weighted by Crippen LogP contribution is -2.39. The lowest BCUT2D eigenvalue weighted by molar-refractivity contribution is 0.0720. The molecule has 0 saturated carbocycles. The molecule has 0 aliphatic heterocycles. The van der Waals surface area contributed by atoms with Gasteiger partial charge in [-0.15, -0.1) is 16.7 Å². The van der Waals surface area contributed by atoms with Gasteiger partial charge in [0, 0.05) is 23.9 Å². The monoisotopic (exact) mass is 289 g/mol. The van der Waals surface area contributed by atoms with E-state index < -0.39 is 0 Å². The molecule has 1 amide bonds. The van der Waals surface area contributed by atoms with Gasteiger partial charge >= 0.3 is 0 Å². The molecule has 0 bridgehead atoms. The van der Waals surface area contributed by atoms with Crippen LogP contribution in [-0.4, -0.2) is 38.9 Å². The molecule has 0 radical (unpaired) electrons. The van der Waals surface area contributed by atoms with Gasteiger partial charge in [0.25, 0.3) is 5.91 Å². The number of aromatic nitrogens is 2. The molecule has 0 N–H and O–H groups in total. The second kappa shape index (κ2) is 5.97. The maximum Gasteiger partial charge on any atom is 0.267 e. The minimum atomic E-state index is -0.179. The molecular formula is C12H20ClN3OS. The lowest BCUT2D eigenvalue weighted by atomic mass is 9.91. The molecule has 0 aromatic carbocycles. The normalized spacial score (nSPS) is 11.9. The molecule has 18 heavy (non-hydrogen) atoms. The second-order valence-corrected chi connectivity index (χ2v) is 6.61. The third kappa shape index (κ3) is 3.42. The van der Waals surface area contributed by atoms with Gasteiger partial charge in [0.15, 0.2) is 0 Å². The Bertz CT molecular complexity index is 412. The molecule has 1 aromatic heterocycles. The standard InChI is InChI=1S/C12H20ClN3OS/c1-8(2)16(7-6-13)11(17)9-10(12(3,4)5)14-15-18-9/h8H,6-7H2,1-5H3. The third-order valence-corrected chi connectivity index (χ3v) is 3.49. The highest BCUT2D eigenvalue weighted by molar-refractivity contribution is 7.08. The van der Waals surface area contributed by atoms with Crippen LogP contribution in [-0.2, 0) is 5.41 Å². The van der Waals surface area contributed by atoms with E-state index >= 15 is 0 Å². The Balaban J connectivity index is 3.06. The van der Waals surface area contributed by atoms with Gasteiger partial charge in [-0.3, -0.25) is 4.79 Å². The molecule has 0 unspecified atom stereocenters. The zero-order valence-corrected chi connectivity index (χ0v) is 13.1. The summed E-state index contributed by atoms with van der Waals surface area (Å²) in [5.74, 6) is 0.409. The van der Waals surface area contributed by atoms with Crippen molar-refractivity contribution in [2.24, 2.45) is 0 Å². The topological polar surface area (TPSA) is 46.1 Å². The SMILES string of the molecule is CC(C)N(CCCl)C(=O)c1snnc1C(C)(C)C. The molecule has 102 valence electrons. The first kappa shape index (κ1) is 15.4. The van der Waals surface area contributed by atoms with Crippen LogP contribution in [0.2, 0.25) is 0 Å². The molecule has 0 aliphatic rings. The fraction of sp³-hybridized carbons (Fsp3) is 0.750. The average Bonchev–Trinajstić information content (AvgIpc) is 2.72. The number of hydrogen-bond donors (Lipinski definition) is 0. The van der Waals surface area contributed by atoms with Crippen LogP contribution in [0.3, 0.4) is 0 Å². The van der Waals surface area contributed by atoms with E-state index in [1.165, 1.54) is 0 Å². The van der Waals surface area contributed by atoms with Crippen molar-refractivity contribution in [3.63, 3.8) is 0 Å². The molecular weight excluding hydrogens is 270 g/mol. The van der Waals surface area contributed by atoms with Gasteiger partial charge < -0.3 is 4.90 Å². The van der Waals surface area contributed by atoms with Gasteiger partial charge in [-0.05, 0) is 25.4 Å². The summed E-state index contributed by atoms with van der Waals surface area (Å²) in [6, 6.07) is 0.117. The van der Waals surface area contributed by atoms with Crippen LogP contribution in [0.5, 0.6) is 0 Å². The van der Waals surface area contributed by atoms with Crippen LogP contribution in [0.25, 0.3) is 0 Å². The first-order chi connectivity index (χ1) is 8.29. The lowest BCUT2D eigenvalue weighted by Gasteiger charge is -2.26. The molecule has 6 heteroatoms. The summed E-state index contributed by atoms with van der Waals surface area (Å²) in [6.07, 6.45) is 0. The van der Waals surface area contributed by atoms with Crippen molar-refractivity contribution >= 4 is 29.0 Å². The maximum atomic E-state index is 12.5. The minimum absolute atomic E-state index is 0.0226. The van der Waals surface area contributed by atoms with Crippen molar-refractivity contribution in [3.05, 3.63) is 10.6 Å². The summed E-state index contributed by atoms with van der Waals surface area (Å²) in [4.78, 5) is 14.9. The van der Waals surface area contributed by atoms with Crippen LogP contribution in [0, 0.1) is 0 Å². The predicted molar refractivity (Wildman–Crippen MR) is 75.5 cm³/mol. The molecule has 0 spiro atoms. The Kier molecular flexibility index (Phi) is 5.10. The number of amides is 1. The van der Waals surface area contributed by atoms with E-state index in [0.29, 0.717) is 17.3 Å². The Morgan fingerprint density at radius 2 is 2.06 bits per heavy atom. The Morgan fingerprint density at radius 3 is 2.50 bits per heavy atom. The van der Waals surface area contributed by atoms with Gasteiger partial charge in [0.05, 0.1) is 5.69 Å². The number of rotatable bonds is 4. The first-order valence-electron chi connectivity index (χ1n) is 5.98. The fourth-order valence-electron chi connectivity index (χ4n) is 1.64. The smallest absolute Gasteiger partial charge is 0.267 e. The molecule has 0 aliphatic carbocycles. The van der Waals surface area contributed by atoms with Gasteiger partial charge in [-0.25, -0.2) is 0 Å². The molecule has 0 atom stereocenters. The Hall–Kier alpha value is -0.680. The summed E-state index contributed by atoms with van der Waals surface area (Å²) in [5, 5.41) is 4.10. The number of nitrogens with zero attached hydrogens (tertiary/aromatic N) is 3. The maximum absolute atomic E-state index is 12.5. The van der Waals surface area contributed by atoms with Crippen LogP contribution in [0.15, 0.2) is 0 Å². The van der Waals surface area contributed by atoms with Crippen LogP contribution in [0.4, 0.5) is 0 Å². The van der Waals surface area contributed by atoms with Crippen molar-refractivity contribution in [2.45, 2.75) is 46.1 Å². The van der Waals surface area contributed by atoms with Crippen LogP contribution in [0.1, 0.15) is 50.0 Å². The summed E-state index contributed by atoms with van der Waals surface area (Å²) >= 11 is 6.91. The van der Waals surface area contributed by atoms with Gasteiger partial charge in [-0.2, -0.15) is 0 Å². The highest BCUT2D eigenvalue weighted by atomic mass is 35.5. The van der Waals surface area contributed by atoms with Crippen molar-refractivity contribution < 1.29 is 4.79 Å². The minimum Gasteiger partial charge on any atom is -0.334 e. The van der Waals surface area contributed by atoms with Gasteiger partial charge in [0.1, 0.15) is 4.88 Å². The zero-order chi connectivity index (χ0) is 13.9. The summed E-state index contributed by atoms with van der Waals surface area (Å²) in [5.41, 5.74) is 0.583. The third-order valence-electron chi connectivity index (χ3n) is 2.60. The van der Waals surface area contributed by atoms with Crippen molar-refractivity contribution in [1.82, 2.24) is 14.5 Å². The summed E-state index contributed by atoms with van der Waals surface area (Å²) in [7, 11) is 0. The Labute approximate surface area is 117 Å². The van der Waals surface area contributed by atoms with Crippen molar-refractivity contribution in [3.8, 4) is 0 Å². The average molecular weight is 290 g/mol. The molecule has 1 heterocycles. The zero-order valence-electron chi connectivity index (χ0n) is 11.5. The van der Waals surface area contributed by atoms with Crippen LogP contribution < -0.4 is 0 Å². The van der Waals surface area contributed by atoms with Crippen molar-refractivity contribution in [1.29, 1.82) is 0 Å².